The number of halogens is 1. The molecule has 0 spiro atoms. The van der Waals surface area contributed by atoms with E-state index < -0.39 is 5.82 Å². The summed E-state index contributed by atoms with van der Waals surface area (Å²) in [6.45, 7) is 5.18. The van der Waals surface area contributed by atoms with Crippen molar-refractivity contribution in [3.8, 4) is 5.88 Å². The van der Waals surface area contributed by atoms with E-state index in [4.69, 9.17) is 4.74 Å². The third kappa shape index (κ3) is 3.80. The molecule has 2 rings (SSSR count). The second-order valence-electron chi connectivity index (χ2n) is 5.47. The molecule has 6 nitrogen and oxygen atoms in total. The summed E-state index contributed by atoms with van der Waals surface area (Å²) in [7, 11) is 1.36. The Morgan fingerprint density at radius 3 is 3.00 bits per heavy atom. The molecule has 1 fully saturated rings. The lowest BCUT2D eigenvalue weighted by molar-refractivity contribution is -0.135. The van der Waals surface area contributed by atoms with Crippen LogP contribution in [-0.2, 0) is 4.79 Å². The number of methoxy groups -OCH3 is 1. The summed E-state index contributed by atoms with van der Waals surface area (Å²) in [5, 5.41) is 3.14. The van der Waals surface area contributed by atoms with Crippen LogP contribution in [0.15, 0.2) is 6.20 Å². The third-order valence-corrected chi connectivity index (χ3v) is 3.47. The molecule has 1 N–H and O–H groups in total. The van der Waals surface area contributed by atoms with Crippen LogP contribution in [0.1, 0.15) is 26.7 Å². The van der Waals surface area contributed by atoms with Gasteiger partial charge in [-0.2, -0.15) is 9.37 Å². The maximum atomic E-state index is 13.3. The lowest BCUT2D eigenvalue weighted by atomic mass is 10.0. The quantitative estimate of drug-likeness (QED) is 0.915. The highest BCUT2D eigenvalue weighted by Gasteiger charge is 2.25. The molecule has 1 amide bonds. The zero-order chi connectivity index (χ0) is 15.4. The highest BCUT2D eigenvalue weighted by molar-refractivity contribution is 5.78. The average Bonchev–Trinajstić information content (AvgIpc) is 2.48. The number of anilines is 1. The van der Waals surface area contributed by atoms with Crippen molar-refractivity contribution in [2.24, 2.45) is 5.92 Å². The van der Waals surface area contributed by atoms with Gasteiger partial charge in [0, 0.05) is 25.0 Å². The maximum Gasteiger partial charge on any atom is 0.255 e. The zero-order valence-corrected chi connectivity index (χ0v) is 12.6. The number of likely N-dealkylation sites (tertiary alicyclic amines) is 1. The van der Waals surface area contributed by atoms with Crippen LogP contribution in [0.4, 0.5) is 10.3 Å². The first-order valence-corrected chi connectivity index (χ1v) is 7.13. The molecule has 0 aliphatic carbocycles. The molecule has 1 atom stereocenters. The van der Waals surface area contributed by atoms with Gasteiger partial charge in [-0.1, -0.05) is 13.8 Å². The van der Waals surface area contributed by atoms with Crippen molar-refractivity contribution in [2.45, 2.75) is 32.7 Å². The van der Waals surface area contributed by atoms with Gasteiger partial charge >= 0.3 is 0 Å². The minimum atomic E-state index is -0.594. The first-order chi connectivity index (χ1) is 10.0. The van der Waals surface area contributed by atoms with E-state index in [0.29, 0.717) is 12.5 Å². The van der Waals surface area contributed by atoms with Crippen LogP contribution < -0.4 is 10.1 Å². The SMILES string of the molecule is COc1nc(N[C@H]2CCCN(C(=O)C(C)C)C2)ncc1F. The van der Waals surface area contributed by atoms with Crippen LogP contribution in [0, 0.1) is 11.7 Å². The molecule has 1 aromatic rings. The van der Waals surface area contributed by atoms with E-state index >= 15 is 0 Å². The molecule has 1 aliphatic rings. The van der Waals surface area contributed by atoms with Crippen LogP contribution in [0.5, 0.6) is 5.88 Å². The number of hydrogen-bond donors (Lipinski definition) is 1. The van der Waals surface area contributed by atoms with Gasteiger partial charge in [0.2, 0.25) is 17.7 Å². The first-order valence-electron chi connectivity index (χ1n) is 7.13. The van der Waals surface area contributed by atoms with E-state index in [1.54, 1.807) is 0 Å². The Morgan fingerprint density at radius 1 is 1.57 bits per heavy atom. The summed E-state index contributed by atoms with van der Waals surface area (Å²) in [5.74, 6) is -0.219. The van der Waals surface area contributed by atoms with E-state index in [0.717, 1.165) is 25.6 Å². The molecule has 0 radical (unpaired) electrons. The average molecular weight is 296 g/mol. The first kappa shape index (κ1) is 15.5. The van der Waals surface area contributed by atoms with Crippen LogP contribution >= 0.6 is 0 Å². The third-order valence-electron chi connectivity index (χ3n) is 3.47. The predicted octanol–water partition coefficient (Wildman–Crippen LogP) is 1.68. The number of aromatic nitrogens is 2. The number of hydrogen-bond acceptors (Lipinski definition) is 5. The standard InChI is InChI=1S/C14H21FN4O2/c1-9(2)13(20)19-6-4-5-10(8-19)17-14-16-7-11(15)12(18-14)21-3/h7,9-10H,4-6,8H2,1-3H3,(H,16,17,18)/t10-/m0/s1. The highest BCUT2D eigenvalue weighted by Crippen LogP contribution is 2.18. The minimum absolute atomic E-state index is 0.00841. The summed E-state index contributed by atoms with van der Waals surface area (Å²) in [4.78, 5) is 21.8. The van der Waals surface area contributed by atoms with E-state index in [2.05, 4.69) is 15.3 Å². The minimum Gasteiger partial charge on any atom is -0.479 e. The largest absolute Gasteiger partial charge is 0.479 e. The summed E-state index contributed by atoms with van der Waals surface area (Å²) in [6.07, 6.45) is 2.92. The Hall–Kier alpha value is -1.92. The van der Waals surface area contributed by atoms with Gasteiger partial charge in [-0.3, -0.25) is 4.79 Å². The van der Waals surface area contributed by atoms with Gasteiger partial charge in [-0.25, -0.2) is 4.98 Å². The Balaban J connectivity index is 2.01. The van der Waals surface area contributed by atoms with Crippen molar-refractivity contribution < 1.29 is 13.9 Å². The maximum absolute atomic E-state index is 13.3. The summed E-state index contributed by atoms with van der Waals surface area (Å²) >= 11 is 0. The van der Waals surface area contributed by atoms with E-state index in [-0.39, 0.29) is 23.7 Å². The molecular formula is C14H21FN4O2. The lowest BCUT2D eigenvalue weighted by Gasteiger charge is -2.34. The number of piperidine rings is 1. The molecule has 1 saturated heterocycles. The Labute approximate surface area is 123 Å². The van der Waals surface area contributed by atoms with Crippen LogP contribution in [-0.4, -0.2) is 47.0 Å². The topological polar surface area (TPSA) is 67.3 Å². The van der Waals surface area contributed by atoms with Crippen molar-refractivity contribution in [2.75, 3.05) is 25.5 Å². The van der Waals surface area contributed by atoms with Crippen molar-refractivity contribution in [1.82, 2.24) is 14.9 Å². The molecule has 21 heavy (non-hydrogen) atoms. The van der Waals surface area contributed by atoms with Gasteiger partial charge in [-0.15, -0.1) is 0 Å². The lowest BCUT2D eigenvalue weighted by Crippen LogP contribution is -2.46. The normalized spacial score (nSPS) is 18.7. The molecule has 0 aromatic carbocycles. The van der Waals surface area contributed by atoms with Gasteiger partial charge in [0.15, 0.2) is 0 Å². The number of carbonyl (C=O) groups is 1. The van der Waals surface area contributed by atoms with Crippen molar-refractivity contribution >= 4 is 11.9 Å². The molecular weight excluding hydrogens is 275 g/mol. The van der Waals surface area contributed by atoms with Gasteiger partial charge in [0.1, 0.15) is 0 Å². The highest BCUT2D eigenvalue weighted by atomic mass is 19.1. The number of ether oxygens (including phenoxy) is 1. The monoisotopic (exact) mass is 296 g/mol. The number of carbonyl (C=O) groups excluding carboxylic acids is 1. The van der Waals surface area contributed by atoms with E-state index in [1.165, 1.54) is 7.11 Å². The second kappa shape index (κ2) is 6.69. The van der Waals surface area contributed by atoms with Crippen LogP contribution in [0.3, 0.4) is 0 Å². The fourth-order valence-electron chi connectivity index (χ4n) is 2.41. The molecule has 116 valence electrons. The van der Waals surface area contributed by atoms with E-state index in [1.807, 2.05) is 18.7 Å². The summed E-state index contributed by atoms with van der Waals surface area (Å²) in [5.41, 5.74) is 0. The Bertz CT molecular complexity index is 510. The number of nitrogens with one attached hydrogen (secondary N) is 1. The van der Waals surface area contributed by atoms with Crippen molar-refractivity contribution in [1.29, 1.82) is 0 Å². The Morgan fingerprint density at radius 2 is 2.33 bits per heavy atom. The van der Waals surface area contributed by atoms with Gasteiger partial charge < -0.3 is 15.0 Å². The van der Waals surface area contributed by atoms with Crippen molar-refractivity contribution in [3.05, 3.63) is 12.0 Å². The molecule has 0 unspecified atom stereocenters. The van der Waals surface area contributed by atoms with Gasteiger partial charge in [-0.05, 0) is 12.8 Å². The molecule has 0 bridgehead atoms. The molecule has 1 aliphatic heterocycles. The summed E-state index contributed by atoms with van der Waals surface area (Å²) < 4.78 is 18.1. The number of rotatable bonds is 4. The van der Waals surface area contributed by atoms with E-state index in [9.17, 15) is 9.18 Å². The Kier molecular flexibility index (Phi) is 4.93. The molecule has 2 heterocycles. The summed E-state index contributed by atoms with van der Waals surface area (Å²) in [6, 6.07) is 0.0663. The fourth-order valence-corrected chi connectivity index (χ4v) is 2.41. The van der Waals surface area contributed by atoms with Crippen LogP contribution in [0.25, 0.3) is 0 Å². The second-order valence-corrected chi connectivity index (χ2v) is 5.47. The molecule has 1 aromatic heterocycles. The van der Waals surface area contributed by atoms with Crippen molar-refractivity contribution in [3.63, 3.8) is 0 Å². The number of amides is 1. The predicted molar refractivity (Wildman–Crippen MR) is 76.6 cm³/mol. The number of nitrogens with zero attached hydrogens (tertiary/aromatic N) is 3. The molecule has 0 saturated carbocycles. The molecule has 7 heteroatoms. The van der Waals surface area contributed by atoms with Crippen LogP contribution in [0.2, 0.25) is 0 Å². The fraction of sp³-hybridized carbons (Fsp3) is 0.643. The van der Waals surface area contributed by atoms with Gasteiger partial charge in [0.05, 0.1) is 13.3 Å². The zero-order valence-electron chi connectivity index (χ0n) is 12.6. The van der Waals surface area contributed by atoms with Gasteiger partial charge in [0.25, 0.3) is 5.88 Å². The smallest absolute Gasteiger partial charge is 0.255 e.